The van der Waals surface area contributed by atoms with Crippen LogP contribution in [0.25, 0.3) is 0 Å². The van der Waals surface area contributed by atoms with Gasteiger partial charge in [0.2, 0.25) is 0 Å². The minimum atomic E-state index is -0.198. The largest absolute Gasteiger partial charge is 0.348 e. The van der Waals surface area contributed by atoms with E-state index in [-0.39, 0.29) is 11.9 Å². The molecular weight excluding hydrogens is 266 g/mol. The first-order valence-corrected chi connectivity index (χ1v) is 6.65. The molecule has 1 amide bonds. The zero-order valence-corrected chi connectivity index (χ0v) is 11.2. The molecule has 0 bridgehead atoms. The number of anilines is 2. The van der Waals surface area contributed by atoms with Crippen LogP contribution in [0.5, 0.6) is 0 Å². The first kappa shape index (κ1) is 13.1. The van der Waals surface area contributed by atoms with Crippen LogP contribution < -0.4 is 10.6 Å². The molecule has 2 N–H and O–H groups in total. The first-order valence-electron chi connectivity index (χ1n) is 6.65. The maximum Gasteiger partial charge on any atom is 0.270 e. The summed E-state index contributed by atoms with van der Waals surface area (Å²) in [7, 11) is 0. The van der Waals surface area contributed by atoms with Crippen LogP contribution in [-0.2, 0) is 0 Å². The van der Waals surface area contributed by atoms with Crippen molar-refractivity contribution in [2.45, 2.75) is 18.9 Å². The molecule has 1 aromatic heterocycles. The van der Waals surface area contributed by atoms with Crippen molar-refractivity contribution in [3.63, 3.8) is 0 Å². The predicted octanol–water partition coefficient (Wildman–Crippen LogP) is 1.98. The van der Waals surface area contributed by atoms with Gasteiger partial charge in [-0.3, -0.25) is 4.79 Å². The number of nitrogens with one attached hydrogen (secondary N) is 2. The average Bonchev–Trinajstić information content (AvgIpc) is 3.32. The van der Waals surface area contributed by atoms with Crippen LogP contribution >= 0.6 is 0 Å². The Morgan fingerprint density at radius 2 is 2.10 bits per heavy atom. The van der Waals surface area contributed by atoms with Crippen molar-refractivity contribution in [3.05, 3.63) is 47.9 Å². The number of benzene rings is 1. The molecule has 1 saturated carbocycles. The Hall–Kier alpha value is -2.94. The second kappa shape index (κ2) is 5.59. The van der Waals surface area contributed by atoms with Gasteiger partial charge in [-0.05, 0) is 25.0 Å². The quantitative estimate of drug-likeness (QED) is 0.893. The Kier molecular flexibility index (Phi) is 3.48. The summed E-state index contributed by atoms with van der Waals surface area (Å²) in [6.45, 7) is 0. The van der Waals surface area contributed by atoms with Crippen LogP contribution in [0.1, 0.15) is 28.9 Å². The Morgan fingerprint density at radius 3 is 2.86 bits per heavy atom. The number of amides is 1. The van der Waals surface area contributed by atoms with Gasteiger partial charge in [-0.2, -0.15) is 5.26 Å². The highest BCUT2D eigenvalue weighted by atomic mass is 16.2. The number of carbonyl (C=O) groups excluding carboxylic acids is 1. The number of nitrogens with zero attached hydrogens (tertiary/aromatic N) is 3. The SMILES string of the molecule is N#Cc1ccccc1Nc1cc(C(=O)NC2CC2)ncn1. The van der Waals surface area contributed by atoms with Crippen LogP contribution in [0.2, 0.25) is 0 Å². The van der Waals surface area contributed by atoms with Gasteiger partial charge in [-0.15, -0.1) is 0 Å². The molecule has 0 spiro atoms. The summed E-state index contributed by atoms with van der Waals surface area (Å²) < 4.78 is 0. The van der Waals surface area contributed by atoms with Crippen molar-refractivity contribution in [2.75, 3.05) is 5.32 Å². The Labute approximate surface area is 121 Å². The van der Waals surface area contributed by atoms with Crippen LogP contribution in [-0.4, -0.2) is 21.9 Å². The molecule has 104 valence electrons. The van der Waals surface area contributed by atoms with E-state index in [1.807, 2.05) is 6.07 Å². The van der Waals surface area contributed by atoms with Crippen molar-refractivity contribution in [2.24, 2.45) is 0 Å². The molecular formula is C15H13N5O. The maximum absolute atomic E-state index is 11.9. The van der Waals surface area contributed by atoms with Crippen molar-refractivity contribution < 1.29 is 4.79 Å². The third-order valence-corrected chi connectivity index (χ3v) is 3.12. The third-order valence-electron chi connectivity index (χ3n) is 3.12. The number of hydrogen-bond acceptors (Lipinski definition) is 5. The zero-order valence-electron chi connectivity index (χ0n) is 11.2. The lowest BCUT2D eigenvalue weighted by atomic mass is 10.2. The standard InChI is InChI=1S/C15H13N5O/c16-8-10-3-1-2-4-12(10)20-14-7-13(17-9-18-14)15(21)19-11-5-6-11/h1-4,7,9,11H,5-6H2,(H,19,21)(H,17,18,20). The van der Waals surface area contributed by atoms with Crippen LogP contribution in [0, 0.1) is 11.3 Å². The van der Waals surface area contributed by atoms with Crippen LogP contribution in [0.3, 0.4) is 0 Å². The predicted molar refractivity (Wildman–Crippen MR) is 77.0 cm³/mol. The lowest BCUT2D eigenvalue weighted by Gasteiger charge is -2.08. The van der Waals surface area contributed by atoms with Gasteiger partial charge in [0.1, 0.15) is 23.9 Å². The maximum atomic E-state index is 11.9. The molecule has 0 saturated heterocycles. The highest BCUT2D eigenvalue weighted by Crippen LogP contribution is 2.20. The van der Waals surface area contributed by atoms with E-state index in [1.54, 1.807) is 24.3 Å². The van der Waals surface area contributed by atoms with Gasteiger partial charge < -0.3 is 10.6 Å². The van der Waals surface area contributed by atoms with Gasteiger partial charge in [0.05, 0.1) is 11.3 Å². The Balaban J connectivity index is 1.79. The molecule has 0 aliphatic heterocycles. The van der Waals surface area contributed by atoms with Crippen molar-refractivity contribution >= 4 is 17.4 Å². The van der Waals surface area contributed by atoms with Gasteiger partial charge in [-0.1, -0.05) is 12.1 Å². The number of aromatic nitrogens is 2. The van der Waals surface area contributed by atoms with Gasteiger partial charge >= 0.3 is 0 Å². The van der Waals surface area contributed by atoms with E-state index in [1.165, 1.54) is 6.33 Å². The summed E-state index contributed by atoms with van der Waals surface area (Å²) in [5, 5.41) is 15.0. The third kappa shape index (κ3) is 3.15. The normalized spacial score (nSPS) is 13.3. The first-order chi connectivity index (χ1) is 10.3. The molecule has 6 heteroatoms. The van der Waals surface area contributed by atoms with E-state index in [4.69, 9.17) is 5.26 Å². The minimum absolute atomic E-state index is 0.198. The molecule has 0 atom stereocenters. The van der Waals surface area contributed by atoms with E-state index >= 15 is 0 Å². The smallest absolute Gasteiger partial charge is 0.270 e. The van der Waals surface area contributed by atoms with E-state index in [2.05, 4.69) is 26.7 Å². The fourth-order valence-electron chi connectivity index (χ4n) is 1.86. The van der Waals surface area contributed by atoms with Crippen LogP contribution in [0.15, 0.2) is 36.7 Å². The minimum Gasteiger partial charge on any atom is -0.348 e. The molecule has 1 aliphatic rings. The molecule has 21 heavy (non-hydrogen) atoms. The molecule has 1 heterocycles. The van der Waals surface area contributed by atoms with E-state index in [0.29, 0.717) is 22.8 Å². The molecule has 1 aromatic carbocycles. The number of carbonyl (C=O) groups is 1. The monoisotopic (exact) mass is 279 g/mol. The summed E-state index contributed by atoms with van der Waals surface area (Å²) in [4.78, 5) is 20.0. The molecule has 3 rings (SSSR count). The van der Waals surface area contributed by atoms with Crippen molar-refractivity contribution in [1.29, 1.82) is 5.26 Å². The highest BCUT2D eigenvalue weighted by Gasteiger charge is 2.24. The van der Waals surface area contributed by atoms with Gasteiger partial charge in [-0.25, -0.2) is 9.97 Å². The molecule has 0 radical (unpaired) electrons. The summed E-state index contributed by atoms with van der Waals surface area (Å²) in [6, 6.07) is 11.1. The highest BCUT2D eigenvalue weighted by molar-refractivity contribution is 5.93. The van der Waals surface area contributed by atoms with Gasteiger partial charge in [0.25, 0.3) is 5.91 Å². The average molecular weight is 279 g/mol. The van der Waals surface area contributed by atoms with Gasteiger partial charge in [0.15, 0.2) is 0 Å². The summed E-state index contributed by atoms with van der Waals surface area (Å²) in [6.07, 6.45) is 3.38. The second-order valence-electron chi connectivity index (χ2n) is 4.82. The van der Waals surface area contributed by atoms with Gasteiger partial charge in [0, 0.05) is 12.1 Å². The number of hydrogen-bond donors (Lipinski definition) is 2. The fraction of sp³-hybridized carbons (Fsp3) is 0.200. The second-order valence-corrected chi connectivity index (χ2v) is 4.82. The van der Waals surface area contributed by atoms with Crippen molar-refractivity contribution in [3.8, 4) is 6.07 Å². The van der Waals surface area contributed by atoms with Crippen LogP contribution in [0.4, 0.5) is 11.5 Å². The summed E-state index contributed by atoms with van der Waals surface area (Å²) in [5.41, 5.74) is 1.47. The Morgan fingerprint density at radius 1 is 1.29 bits per heavy atom. The van der Waals surface area contributed by atoms with E-state index in [0.717, 1.165) is 12.8 Å². The topological polar surface area (TPSA) is 90.7 Å². The van der Waals surface area contributed by atoms with E-state index in [9.17, 15) is 4.79 Å². The summed E-state index contributed by atoms with van der Waals surface area (Å²) >= 11 is 0. The molecule has 6 nitrogen and oxygen atoms in total. The number of para-hydroxylation sites is 1. The zero-order chi connectivity index (χ0) is 14.7. The number of rotatable bonds is 4. The van der Waals surface area contributed by atoms with E-state index < -0.39 is 0 Å². The number of nitriles is 1. The fourth-order valence-corrected chi connectivity index (χ4v) is 1.86. The lowest BCUT2D eigenvalue weighted by molar-refractivity contribution is 0.0946. The summed E-state index contributed by atoms with van der Waals surface area (Å²) in [5.74, 6) is 0.283. The molecule has 2 aromatic rings. The molecule has 1 aliphatic carbocycles. The molecule has 1 fully saturated rings. The molecule has 0 unspecified atom stereocenters. The Bertz CT molecular complexity index is 718. The lowest BCUT2D eigenvalue weighted by Crippen LogP contribution is -2.26. The van der Waals surface area contributed by atoms with Crippen molar-refractivity contribution in [1.82, 2.24) is 15.3 Å².